The number of fused-ring (bicyclic) bond motifs is 3. The van der Waals surface area contributed by atoms with Crippen LogP contribution in [-0.4, -0.2) is 6.61 Å². The molecule has 0 fully saturated rings. The Morgan fingerprint density at radius 1 is 1.09 bits per heavy atom. The van der Waals surface area contributed by atoms with E-state index >= 15 is 0 Å². The molecule has 4 rings (SSSR count). The quantitative estimate of drug-likeness (QED) is 0.686. The zero-order valence-corrected chi connectivity index (χ0v) is 12.1. The molecule has 110 valence electrons. The Balaban J connectivity index is 2.04. The largest absolute Gasteiger partial charge is 0.487 e. The van der Waals surface area contributed by atoms with Crippen LogP contribution in [0.3, 0.4) is 0 Å². The maximum Gasteiger partial charge on any atom is 0.193 e. The lowest BCUT2D eigenvalue weighted by Gasteiger charge is -2.16. The van der Waals surface area contributed by atoms with E-state index in [0.717, 1.165) is 5.56 Å². The molecule has 3 aromatic rings. The summed E-state index contributed by atoms with van der Waals surface area (Å²) in [7, 11) is 0. The van der Waals surface area contributed by atoms with Crippen molar-refractivity contribution >= 4 is 17.0 Å². The van der Waals surface area contributed by atoms with Crippen LogP contribution in [0.2, 0.25) is 0 Å². The average Bonchev–Trinajstić information content (AvgIpc) is 2.61. The second-order valence-electron chi connectivity index (χ2n) is 5.27. The third-order valence-corrected chi connectivity index (χ3v) is 3.80. The lowest BCUT2D eigenvalue weighted by molar-refractivity contribution is 0.351. The lowest BCUT2D eigenvalue weighted by atomic mass is 10.0. The van der Waals surface area contributed by atoms with Gasteiger partial charge in [0.15, 0.2) is 5.43 Å². The summed E-state index contributed by atoms with van der Waals surface area (Å²) in [5.41, 5.74) is 2.29. The van der Waals surface area contributed by atoms with Crippen molar-refractivity contribution in [3.05, 3.63) is 69.9 Å². The first-order chi connectivity index (χ1) is 11.3. The predicted octanol–water partition coefficient (Wildman–Crippen LogP) is 3.76. The van der Waals surface area contributed by atoms with E-state index in [-0.39, 0.29) is 12.0 Å². The molecule has 1 aromatic heterocycles. The van der Waals surface area contributed by atoms with Gasteiger partial charge in [-0.3, -0.25) is 4.79 Å². The molecule has 23 heavy (non-hydrogen) atoms. The first kappa shape index (κ1) is 13.4. The Kier molecular flexibility index (Phi) is 2.99. The van der Waals surface area contributed by atoms with E-state index in [1.165, 1.54) is 6.07 Å². The molecular weight excluding hydrogens is 290 g/mol. The number of hydrogen-bond acceptors (Lipinski definition) is 4. The topological polar surface area (TPSA) is 63.2 Å². The minimum atomic E-state index is -0.120. The second kappa shape index (κ2) is 5.15. The van der Waals surface area contributed by atoms with Gasteiger partial charge < -0.3 is 9.15 Å². The van der Waals surface area contributed by atoms with Gasteiger partial charge in [-0.2, -0.15) is 5.26 Å². The first-order valence-electron chi connectivity index (χ1n) is 7.16. The Bertz CT molecular complexity index is 1040. The Hall–Kier alpha value is -3.32. The van der Waals surface area contributed by atoms with E-state index in [2.05, 4.69) is 6.07 Å². The maximum absolute atomic E-state index is 12.4. The van der Waals surface area contributed by atoms with E-state index in [4.69, 9.17) is 14.4 Å². The molecule has 2 heterocycles. The number of benzene rings is 2. The third-order valence-electron chi connectivity index (χ3n) is 3.80. The van der Waals surface area contributed by atoms with Gasteiger partial charge in [0.1, 0.15) is 23.7 Å². The second-order valence-corrected chi connectivity index (χ2v) is 5.27. The van der Waals surface area contributed by atoms with E-state index < -0.39 is 0 Å². The molecule has 1 aliphatic rings. The SMILES string of the molecule is N#CC1=Cc2c(ccc3c(=O)cc(-c4ccccc4)oc23)OC1. The number of ether oxygens (including phenoxy) is 1. The molecule has 0 saturated heterocycles. The van der Waals surface area contributed by atoms with Crippen molar-refractivity contribution in [3.63, 3.8) is 0 Å². The molecule has 4 heteroatoms. The third kappa shape index (κ3) is 2.19. The van der Waals surface area contributed by atoms with Crippen molar-refractivity contribution in [1.29, 1.82) is 5.26 Å². The minimum Gasteiger partial charge on any atom is -0.487 e. The van der Waals surface area contributed by atoms with Crippen LogP contribution in [0, 0.1) is 11.3 Å². The first-order valence-corrected chi connectivity index (χ1v) is 7.16. The highest BCUT2D eigenvalue weighted by molar-refractivity contribution is 5.90. The fraction of sp³-hybridized carbons (Fsp3) is 0.0526. The Morgan fingerprint density at radius 2 is 1.91 bits per heavy atom. The van der Waals surface area contributed by atoms with Crippen LogP contribution in [0.5, 0.6) is 5.75 Å². The molecule has 0 N–H and O–H groups in total. The highest BCUT2D eigenvalue weighted by atomic mass is 16.5. The standard InChI is InChI=1S/C19H11NO3/c20-10-12-8-15-17(22-11-12)7-6-14-16(21)9-18(23-19(14)15)13-4-2-1-3-5-13/h1-9H,11H2. The molecule has 0 amide bonds. The highest BCUT2D eigenvalue weighted by Crippen LogP contribution is 2.34. The summed E-state index contributed by atoms with van der Waals surface area (Å²) in [5, 5.41) is 9.56. The van der Waals surface area contributed by atoms with Crippen molar-refractivity contribution in [3.8, 4) is 23.1 Å². The van der Waals surface area contributed by atoms with Gasteiger partial charge in [0.25, 0.3) is 0 Å². The summed E-state index contributed by atoms with van der Waals surface area (Å²) < 4.78 is 11.6. The van der Waals surface area contributed by atoms with Gasteiger partial charge in [-0.25, -0.2) is 0 Å². The summed E-state index contributed by atoms with van der Waals surface area (Å²) in [5.74, 6) is 1.11. The zero-order chi connectivity index (χ0) is 15.8. The molecule has 0 bridgehead atoms. The minimum absolute atomic E-state index is 0.120. The molecule has 0 aliphatic carbocycles. The van der Waals surface area contributed by atoms with Crippen LogP contribution in [0.1, 0.15) is 5.56 Å². The maximum atomic E-state index is 12.4. The van der Waals surface area contributed by atoms with Crippen molar-refractivity contribution < 1.29 is 9.15 Å². The molecular formula is C19H11NO3. The van der Waals surface area contributed by atoms with E-state index in [1.807, 2.05) is 30.3 Å². The summed E-state index contributed by atoms with van der Waals surface area (Å²) >= 11 is 0. The summed E-state index contributed by atoms with van der Waals surface area (Å²) in [4.78, 5) is 12.4. The zero-order valence-electron chi connectivity index (χ0n) is 12.1. The number of nitrogens with zero attached hydrogens (tertiary/aromatic N) is 1. The van der Waals surface area contributed by atoms with Gasteiger partial charge in [-0.05, 0) is 18.2 Å². The van der Waals surface area contributed by atoms with Crippen molar-refractivity contribution in [2.24, 2.45) is 0 Å². The summed E-state index contributed by atoms with van der Waals surface area (Å²) in [6.07, 6.45) is 1.72. The number of rotatable bonds is 1. The van der Waals surface area contributed by atoms with E-state index in [9.17, 15) is 4.79 Å². The monoisotopic (exact) mass is 301 g/mol. The normalized spacial score (nSPS) is 12.9. The fourth-order valence-corrected chi connectivity index (χ4v) is 2.66. The molecule has 1 aliphatic heterocycles. The molecule has 0 saturated carbocycles. The molecule has 0 spiro atoms. The van der Waals surface area contributed by atoms with E-state index in [0.29, 0.717) is 33.6 Å². The molecule has 0 radical (unpaired) electrons. The van der Waals surface area contributed by atoms with Gasteiger partial charge in [-0.15, -0.1) is 0 Å². The smallest absolute Gasteiger partial charge is 0.193 e. The fourth-order valence-electron chi connectivity index (χ4n) is 2.66. The van der Waals surface area contributed by atoms with E-state index in [1.54, 1.807) is 18.2 Å². The number of hydrogen-bond donors (Lipinski definition) is 0. The van der Waals surface area contributed by atoms with Crippen molar-refractivity contribution in [2.75, 3.05) is 6.61 Å². The van der Waals surface area contributed by atoms with Gasteiger partial charge in [0, 0.05) is 11.6 Å². The predicted molar refractivity (Wildman–Crippen MR) is 87.0 cm³/mol. The van der Waals surface area contributed by atoms with Crippen LogP contribution < -0.4 is 10.2 Å². The van der Waals surface area contributed by atoms with Gasteiger partial charge in [-0.1, -0.05) is 30.3 Å². The van der Waals surface area contributed by atoms with Crippen LogP contribution in [0.25, 0.3) is 28.4 Å². The van der Waals surface area contributed by atoms with Gasteiger partial charge >= 0.3 is 0 Å². The Morgan fingerprint density at radius 3 is 2.70 bits per heavy atom. The molecule has 0 unspecified atom stereocenters. The number of nitriles is 1. The van der Waals surface area contributed by atoms with Crippen LogP contribution in [0.15, 0.2) is 63.3 Å². The highest BCUT2D eigenvalue weighted by Gasteiger charge is 2.18. The lowest BCUT2D eigenvalue weighted by Crippen LogP contribution is -2.08. The summed E-state index contributed by atoms with van der Waals surface area (Å²) in [6, 6.07) is 16.4. The van der Waals surface area contributed by atoms with Crippen LogP contribution >= 0.6 is 0 Å². The Labute approximate surface area is 131 Å². The molecule has 4 nitrogen and oxygen atoms in total. The molecule has 0 atom stereocenters. The van der Waals surface area contributed by atoms with Gasteiger partial charge in [0.05, 0.1) is 22.6 Å². The van der Waals surface area contributed by atoms with Crippen molar-refractivity contribution in [1.82, 2.24) is 0 Å². The van der Waals surface area contributed by atoms with Gasteiger partial charge in [0.2, 0.25) is 0 Å². The van der Waals surface area contributed by atoms with Crippen LogP contribution in [0.4, 0.5) is 0 Å². The average molecular weight is 301 g/mol. The molecule has 2 aromatic carbocycles. The van der Waals surface area contributed by atoms with Crippen molar-refractivity contribution in [2.45, 2.75) is 0 Å². The van der Waals surface area contributed by atoms with Crippen LogP contribution in [-0.2, 0) is 0 Å². The summed E-state index contributed by atoms with van der Waals surface area (Å²) in [6.45, 7) is 0.234.